The van der Waals surface area contributed by atoms with Gasteiger partial charge < -0.3 is 15.1 Å². The van der Waals surface area contributed by atoms with Gasteiger partial charge in [0.1, 0.15) is 5.76 Å². The molecule has 0 saturated heterocycles. The van der Waals surface area contributed by atoms with Crippen LogP contribution in [0.3, 0.4) is 0 Å². The van der Waals surface area contributed by atoms with Crippen molar-refractivity contribution in [1.82, 2.24) is 5.32 Å². The molecule has 88 valence electrons. The van der Waals surface area contributed by atoms with E-state index in [2.05, 4.69) is 33.2 Å². The van der Waals surface area contributed by atoms with Gasteiger partial charge in [0.05, 0.1) is 12.8 Å². The van der Waals surface area contributed by atoms with Crippen LogP contribution in [0.25, 0.3) is 0 Å². The van der Waals surface area contributed by atoms with E-state index >= 15 is 0 Å². The first-order valence-electron chi connectivity index (χ1n) is 5.07. The maximum atomic E-state index is 11.6. The maximum absolute atomic E-state index is 11.6. The van der Waals surface area contributed by atoms with Gasteiger partial charge in [-0.15, -0.1) is 0 Å². The predicted molar refractivity (Wildman–Crippen MR) is 73.7 cm³/mol. The zero-order valence-electron chi connectivity index (χ0n) is 8.94. The maximum Gasteiger partial charge on any atom is 0.319 e. The van der Waals surface area contributed by atoms with Crippen molar-refractivity contribution < 1.29 is 9.21 Å². The lowest BCUT2D eigenvalue weighted by atomic mass is 10.3. The van der Waals surface area contributed by atoms with Crippen molar-refractivity contribution in [3.63, 3.8) is 0 Å². The van der Waals surface area contributed by atoms with Gasteiger partial charge in [-0.25, -0.2) is 4.79 Å². The lowest BCUT2D eigenvalue weighted by Crippen LogP contribution is -2.27. The third-order valence-electron chi connectivity index (χ3n) is 2.09. The van der Waals surface area contributed by atoms with Crippen LogP contribution in [0.2, 0.25) is 0 Å². The van der Waals surface area contributed by atoms with E-state index in [1.807, 2.05) is 30.3 Å². The normalized spacial score (nSPS) is 9.94. The summed E-state index contributed by atoms with van der Waals surface area (Å²) in [6, 6.07) is 10.9. The minimum Gasteiger partial charge on any atom is -0.467 e. The minimum absolute atomic E-state index is 0.247. The molecule has 0 spiro atoms. The molecule has 0 aliphatic rings. The van der Waals surface area contributed by atoms with E-state index in [0.29, 0.717) is 6.54 Å². The summed E-state index contributed by atoms with van der Waals surface area (Å²) >= 11 is 2.20. The average Bonchev–Trinajstić information content (AvgIpc) is 2.79. The molecular formula is C12H11IN2O2. The molecule has 0 atom stereocenters. The first-order valence-corrected chi connectivity index (χ1v) is 6.15. The predicted octanol–water partition coefficient (Wildman–Crippen LogP) is 3.21. The van der Waals surface area contributed by atoms with Crippen LogP contribution in [0.5, 0.6) is 0 Å². The van der Waals surface area contributed by atoms with Crippen LogP contribution in [0, 0.1) is 3.57 Å². The molecule has 5 heteroatoms. The Kier molecular flexibility index (Phi) is 4.03. The number of halogens is 1. The first kappa shape index (κ1) is 12.0. The Balaban J connectivity index is 1.85. The van der Waals surface area contributed by atoms with E-state index < -0.39 is 0 Å². The van der Waals surface area contributed by atoms with Gasteiger partial charge in [0, 0.05) is 9.26 Å². The molecular weight excluding hydrogens is 331 g/mol. The van der Waals surface area contributed by atoms with Crippen LogP contribution >= 0.6 is 22.6 Å². The SMILES string of the molecule is O=C(NCc1ccco1)Nc1cccc(I)c1. The summed E-state index contributed by atoms with van der Waals surface area (Å²) in [5, 5.41) is 5.46. The van der Waals surface area contributed by atoms with Gasteiger partial charge in [0.25, 0.3) is 0 Å². The highest BCUT2D eigenvalue weighted by molar-refractivity contribution is 14.1. The van der Waals surface area contributed by atoms with Crippen molar-refractivity contribution in [3.05, 3.63) is 52.0 Å². The van der Waals surface area contributed by atoms with Gasteiger partial charge in [-0.2, -0.15) is 0 Å². The number of benzene rings is 1. The Morgan fingerprint density at radius 3 is 2.88 bits per heavy atom. The van der Waals surface area contributed by atoms with Gasteiger partial charge in [-0.1, -0.05) is 6.07 Å². The first-order chi connectivity index (χ1) is 8.24. The number of hydrogen-bond acceptors (Lipinski definition) is 2. The number of carbonyl (C=O) groups excluding carboxylic acids is 1. The molecule has 2 aromatic rings. The quantitative estimate of drug-likeness (QED) is 0.842. The topological polar surface area (TPSA) is 54.3 Å². The van der Waals surface area contributed by atoms with Crippen LogP contribution in [-0.4, -0.2) is 6.03 Å². The van der Waals surface area contributed by atoms with Crippen molar-refractivity contribution in [3.8, 4) is 0 Å². The number of carbonyl (C=O) groups is 1. The third-order valence-corrected chi connectivity index (χ3v) is 2.76. The fourth-order valence-corrected chi connectivity index (χ4v) is 1.87. The molecule has 1 aromatic carbocycles. The largest absolute Gasteiger partial charge is 0.467 e. The van der Waals surface area contributed by atoms with Crippen molar-refractivity contribution in [2.75, 3.05) is 5.32 Å². The molecule has 1 heterocycles. The summed E-state index contributed by atoms with van der Waals surface area (Å²) < 4.78 is 6.18. The van der Waals surface area contributed by atoms with Crippen LogP contribution in [0.1, 0.15) is 5.76 Å². The summed E-state index contributed by atoms with van der Waals surface area (Å²) in [6.45, 7) is 0.378. The molecule has 2 rings (SSSR count). The van der Waals surface area contributed by atoms with Gasteiger partial charge in [0.2, 0.25) is 0 Å². The molecule has 1 aromatic heterocycles. The minimum atomic E-state index is -0.247. The molecule has 2 N–H and O–H groups in total. The fraction of sp³-hybridized carbons (Fsp3) is 0.0833. The number of furan rings is 1. The Hall–Kier alpha value is -1.50. The number of anilines is 1. The smallest absolute Gasteiger partial charge is 0.319 e. The number of rotatable bonds is 3. The highest BCUT2D eigenvalue weighted by Gasteiger charge is 2.02. The molecule has 0 aliphatic carbocycles. The Bertz CT molecular complexity index is 497. The molecule has 2 amide bonds. The number of amides is 2. The van der Waals surface area contributed by atoms with E-state index in [4.69, 9.17) is 4.42 Å². The summed E-state index contributed by atoms with van der Waals surface area (Å²) in [4.78, 5) is 11.6. The average molecular weight is 342 g/mol. The van der Waals surface area contributed by atoms with Gasteiger partial charge in [-0.05, 0) is 52.9 Å². The van der Waals surface area contributed by atoms with Crippen LogP contribution in [0.15, 0.2) is 47.1 Å². The molecule has 0 aliphatic heterocycles. The van der Waals surface area contributed by atoms with E-state index in [1.54, 1.807) is 12.3 Å². The lowest BCUT2D eigenvalue weighted by molar-refractivity contribution is 0.251. The second-order valence-electron chi connectivity index (χ2n) is 3.40. The standard InChI is InChI=1S/C12H11IN2O2/c13-9-3-1-4-10(7-9)15-12(16)14-8-11-5-2-6-17-11/h1-7H,8H2,(H2,14,15,16). The summed E-state index contributed by atoms with van der Waals surface area (Å²) in [7, 11) is 0. The van der Waals surface area contributed by atoms with Crippen molar-refractivity contribution in [1.29, 1.82) is 0 Å². The molecule has 17 heavy (non-hydrogen) atoms. The summed E-state index contributed by atoms with van der Waals surface area (Å²) in [5.41, 5.74) is 0.772. The second-order valence-corrected chi connectivity index (χ2v) is 4.64. The third kappa shape index (κ3) is 3.77. The van der Waals surface area contributed by atoms with Crippen LogP contribution < -0.4 is 10.6 Å². The van der Waals surface area contributed by atoms with Crippen molar-refractivity contribution in [2.24, 2.45) is 0 Å². The Morgan fingerprint density at radius 2 is 2.18 bits per heavy atom. The highest BCUT2D eigenvalue weighted by Crippen LogP contribution is 2.12. The molecule has 0 radical (unpaired) electrons. The van der Waals surface area contributed by atoms with E-state index in [9.17, 15) is 4.79 Å². The number of hydrogen-bond donors (Lipinski definition) is 2. The highest BCUT2D eigenvalue weighted by atomic mass is 127. The van der Waals surface area contributed by atoms with E-state index in [0.717, 1.165) is 15.0 Å². The number of nitrogens with one attached hydrogen (secondary N) is 2. The van der Waals surface area contributed by atoms with Gasteiger partial charge >= 0.3 is 6.03 Å². The monoisotopic (exact) mass is 342 g/mol. The number of urea groups is 1. The summed E-state index contributed by atoms with van der Waals surface area (Å²) in [5.74, 6) is 0.725. The Labute approximate surface area is 113 Å². The van der Waals surface area contributed by atoms with Gasteiger partial charge in [-0.3, -0.25) is 0 Å². The fourth-order valence-electron chi connectivity index (χ4n) is 1.32. The van der Waals surface area contributed by atoms with E-state index in [-0.39, 0.29) is 6.03 Å². The lowest BCUT2D eigenvalue weighted by Gasteiger charge is -2.06. The zero-order chi connectivity index (χ0) is 12.1. The van der Waals surface area contributed by atoms with Crippen LogP contribution in [0.4, 0.5) is 10.5 Å². The molecule has 0 saturated carbocycles. The summed E-state index contributed by atoms with van der Waals surface area (Å²) in [6.07, 6.45) is 1.58. The molecule has 0 fully saturated rings. The van der Waals surface area contributed by atoms with Crippen LogP contribution in [-0.2, 0) is 6.54 Å². The molecule has 0 bridgehead atoms. The van der Waals surface area contributed by atoms with E-state index in [1.165, 1.54) is 0 Å². The van der Waals surface area contributed by atoms with Crippen molar-refractivity contribution >= 4 is 34.3 Å². The zero-order valence-corrected chi connectivity index (χ0v) is 11.1. The molecule has 4 nitrogen and oxygen atoms in total. The second kappa shape index (κ2) is 5.72. The van der Waals surface area contributed by atoms with Crippen molar-refractivity contribution in [2.45, 2.75) is 6.54 Å². The molecule has 0 unspecified atom stereocenters. The Morgan fingerprint density at radius 1 is 1.29 bits per heavy atom. The van der Waals surface area contributed by atoms with Gasteiger partial charge in [0.15, 0.2) is 0 Å².